The van der Waals surface area contributed by atoms with E-state index in [4.69, 9.17) is 0 Å². The summed E-state index contributed by atoms with van der Waals surface area (Å²) in [6.07, 6.45) is 0. The van der Waals surface area contributed by atoms with E-state index in [-0.39, 0.29) is 29.1 Å². The summed E-state index contributed by atoms with van der Waals surface area (Å²) < 4.78 is 41.1. The zero-order chi connectivity index (χ0) is 22.1. The molecule has 0 aliphatic carbocycles. The van der Waals surface area contributed by atoms with Gasteiger partial charge in [0.1, 0.15) is 11.5 Å². The van der Waals surface area contributed by atoms with Crippen molar-refractivity contribution in [2.75, 3.05) is 5.32 Å². The van der Waals surface area contributed by atoms with Crippen molar-refractivity contribution in [2.24, 2.45) is 0 Å². The third-order valence-electron chi connectivity index (χ3n) is 4.98. The Morgan fingerprint density at radius 3 is 2.19 bits per heavy atom. The van der Waals surface area contributed by atoms with Gasteiger partial charge < -0.3 is 5.32 Å². The van der Waals surface area contributed by atoms with Crippen LogP contribution in [0.3, 0.4) is 0 Å². The van der Waals surface area contributed by atoms with Crippen LogP contribution in [0.1, 0.15) is 16.7 Å². The van der Waals surface area contributed by atoms with Crippen molar-refractivity contribution < 1.29 is 22.8 Å². The maximum absolute atomic E-state index is 14.1. The predicted octanol–water partition coefficient (Wildman–Crippen LogP) is 4.80. The summed E-state index contributed by atoms with van der Waals surface area (Å²) >= 11 is 0. The van der Waals surface area contributed by atoms with Gasteiger partial charge >= 0.3 is 0 Å². The van der Waals surface area contributed by atoms with Crippen LogP contribution in [0.4, 0.5) is 18.9 Å². The molecule has 7 heteroatoms. The normalized spacial score (nSPS) is 13.9. The molecule has 4 nitrogen and oxygen atoms in total. The highest BCUT2D eigenvalue weighted by molar-refractivity contribution is 6.36. The number of nitrogens with one attached hydrogen (secondary N) is 1. The zero-order valence-corrected chi connectivity index (χ0v) is 16.5. The van der Waals surface area contributed by atoms with Crippen LogP contribution < -0.4 is 5.32 Å². The molecular formula is C24H17F3N2O2. The van der Waals surface area contributed by atoms with Gasteiger partial charge in [-0.1, -0.05) is 48.0 Å². The van der Waals surface area contributed by atoms with Crippen LogP contribution in [0, 0.1) is 24.4 Å². The predicted molar refractivity (Wildman–Crippen MR) is 110 cm³/mol. The topological polar surface area (TPSA) is 49.4 Å². The Morgan fingerprint density at radius 2 is 1.52 bits per heavy atom. The number of carbonyl (C=O) groups is 2. The van der Waals surface area contributed by atoms with E-state index in [9.17, 15) is 22.8 Å². The van der Waals surface area contributed by atoms with Gasteiger partial charge in [-0.2, -0.15) is 0 Å². The molecule has 0 unspecified atom stereocenters. The molecule has 156 valence electrons. The maximum atomic E-state index is 14.1. The Hall–Kier alpha value is -3.87. The second-order valence-corrected chi connectivity index (χ2v) is 7.16. The fourth-order valence-electron chi connectivity index (χ4n) is 3.34. The minimum Gasteiger partial charge on any atom is -0.350 e. The number of amides is 2. The molecule has 4 rings (SSSR count). The number of anilines is 1. The molecule has 1 aliphatic heterocycles. The van der Waals surface area contributed by atoms with Gasteiger partial charge in [-0.05, 0) is 30.7 Å². The van der Waals surface area contributed by atoms with Crippen LogP contribution in [0.25, 0.3) is 5.57 Å². The van der Waals surface area contributed by atoms with Gasteiger partial charge in [-0.3, -0.25) is 14.5 Å². The number of carbonyl (C=O) groups excluding carboxylic acids is 2. The van der Waals surface area contributed by atoms with Crippen LogP contribution in [-0.2, 0) is 16.1 Å². The van der Waals surface area contributed by atoms with E-state index in [1.54, 1.807) is 30.3 Å². The summed E-state index contributed by atoms with van der Waals surface area (Å²) in [5, 5.41) is 2.75. The molecule has 31 heavy (non-hydrogen) atoms. The first-order valence-electron chi connectivity index (χ1n) is 9.48. The lowest BCUT2D eigenvalue weighted by atomic mass is 10.0. The van der Waals surface area contributed by atoms with Crippen molar-refractivity contribution in [3.63, 3.8) is 0 Å². The molecule has 3 aromatic carbocycles. The number of aryl methyl sites for hydroxylation is 1. The molecule has 1 heterocycles. The Labute approximate surface area is 176 Å². The molecule has 0 bridgehead atoms. The van der Waals surface area contributed by atoms with E-state index in [0.717, 1.165) is 22.6 Å². The van der Waals surface area contributed by atoms with Crippen LogP contribution in [0.5, 0.6) is 0 Å². The molecule has 0 saturated heterocycles. The Bertz CT molecular complexity index is 1220. The van der Waals surface area contributed by atoms with Crippen molar-refractivity contribution in [1.29, 1.82) is 0 Å². The van der Waals surface area contributed by atoms with Crippen LogP contribution >= 0.6 is 0 Å². The number of halogens is 3. The second-order valence-electron chi connectivity index (χ2n) is 7.16. The first-order valence-corrected chi connectivity index (χ1v) is 9.48. The zero-order valence-electron chi connectivity index (χ0n) is 16.5. The maximum Gasteiger partial charge on any atom is 0.278 e. The average molecular weight is 422 g/mol. The summed E-state index contributed by atoms with van der Waals surface area (Å²) in [7, 11) is 0. The van der Waals surface area contributed by atoms with E-state index >= 15 is 0 Å². The van der Waals surface area contributed by atoms with Gasteiger partial charge in [-0.25, -0.2) is 13.2 Å². The van der Waals surface area contributed by atoms with E-state index in [1.165, 1.54) is 24.3 Å². The summed E-state index contributed by atoms with van der Waals surface area (Å²) in [5.74, 6) is -3.96. The van der Waals surface area contributed by atoms with E-state index < -0.39 is 29.3 Å². The molecule has 0 fully saturated rings. The van der Waals surface area contributed by atoms with E-state index in [1.807, 2.05) is 6.92 Å². The van der Waals surface area contributed by atoms with Crippen molar-refractivity contribution >= 4 is 23.1 Å². The molecular weight excluding hydrogens is 405 g/mol. The summed E-state index contributed by atoms with van der Waals surface area (Å²) in [6, 6.07) is 15.9. The van der Waals surface area contributed by atoms with Crippen LogP contribution in [0.15, 0.2) is 72.4 Å². The fourth-order valence-corrected chi connectivity index (χ4v) is 3.34. The molecule has 3 aromatic rings. The van der Waals surface area contributed by atoms with Gasteiger partial charge in [0.05, 0.1) is 12.1 Å². The molecule has 0 atom stereocenters. The lowest BCUT2D eigenvalue weighted by molar-refractivity contribution is -0.137. The standard InChI is InChI=1S/C24H17F3N2O2/c1-14-6-8-15(9-7-14)21-22(28-17-10-11-19(26)20(27)12-17)24(31)29(23(21)30)13-16-4-2-3-5-18(16)25/h2-12,28H,13H2,1H3. The number of rotatable bonds is 5. The highest BCUT2D eigenvalue weighted by atomic mass is 19.2. The van der Waals surface area contributed by atoms with Gasteiger partial charge in [0, 0.05) is 17.3 Å². The van der Waals surface area contributed by atoms with Gasteiger partial charge in [0.25, 0.3) is 11.8 Å². The monoisotopic (exact) mass is 422 g/mol. The third kappa shape index (κ3) is 3.94. The molecule has 0 aromatic heterocycles. The van der Waals surface area contributed by atoms with Gasteiger partial charge in [0.15, 0.2) is 11.6 Å². The lowest BCUT2D eigenvalue weighted by Gasteiger charge is -2.16. The minimum atomic E-state index is -1.09. The number of hydrogen-bond donors (Lipinski definition) is 1. The Kier molecular flexibility index (Phi) is 5.33. The molecule has 0 radical (unpaired) electrons. The van der Waals surface area contributed by atoms with Crippen LogP contribution in [0.2, 0.25) is 0 Å². The number of imide groups is 1. The molecule has 0 spiro atoms. The van der Waals surface area contributed by atoms with Gasteiger partial charge in [0.2, 0.25) is 0 Å². The summed E-state index contributed by atoms with van der Waals surface area (Å²) in [6.45, 7) is 1.62. The van der Waals surface area contributed by atoms with Gasteiger partial charge in [-0.15, -0.1) is 0 Å². The SMILES string of the molecule is Cc1ccc(C2=C(Nc3ccc(F)c(F)c3)C(=O)N(Cc3ccccc3F)C2=O)cc1. The van der Waals surface area contributed by atoms with Crippen LogP contribution in [-0.4, -0.2) is 16.7 Å². The summed E-state index contributed by atoms with van der Waals surface area (Å²) in [4.78, 5) is 27.2. The largest absolute Gasteiger partial charge is 0.350 e. The molecule has 1 aliphatic rings. The smallest absolute Gasteiger partial charge is 0.278 e. The fraction of sp³-hybridized carbons (Fsp3) is 0.0833. The number of hydrogen-bond acceptors (Lipinski definition) is 3. The van der Waals surface area contributed by atoms with E-state index in [2.05, 4.69) is 5.32 Å². The second kappa shape index (κ2) is 8.10. The van der Waals surface area contributed by atoms with Crippen molar-refractivity contribution in [1.82, 2.24) is 4.90 Å². The average Bonchev–Trinajstić information content (AvgIpc) is 2.97. The first kappa shape index (κ1) is 20.4. The third-order valence-corrected chi connectivity index (χ3v) is 4.98. The van der Waals surface area contributed by atoms with Crippen molar-refractivity contribution in [3.8, 4) is 0 Å². The quantitative estimate of drug-likeness (QED) is 0.601. The number of benzene rings is 3. The molecule has 0 saturated carbocycles. The molecule has 1 N–H and O–H groups in total. The highest BCUT2D eigenvalue weighted by Gasteiger charge is 2.39. The Balaban J connectivity index is 1.76. The minimum absolute atomic E-state index is 0.0751. The van der Waals surface area contributed by atoms with Crippen molar-refractivity contribution in [3.05, 3.63) is 107 Å². The molecule has 2 amide bonds. The first-order chi connectivity index (χ1) is 14.8. The van der Waals surface area contributed by atoms with E-state index in [0.29, 0.717) is 5.56 Å². The lowest BCUT2D eigenvalue weighted by Crippen LogP contribution is -2.32. The summed E-state index contributed by atoms with van der Waals surface area (Å²) in [5.41, 5.74) is 1.71. The number of nitrogens with zero attached hydrogens (tertiary/aromatic N) is 1. The highest BCUT2D eigenvalue weighted by Crippen LogP contribution is 2.32. The van der Waals surface area contributed by atoms with Crippen molar-refractivity contribution in [2.45, 2.75) is 13.5 Å². The Morgan fingerprint density at radius 1 is 0.806 bits per heavy atom.